The largest absolute Gasteiger partial charge is 0.273 e. The Morgan fingerprint density at radius 2 is 2.00 bits per heavy atom. The fourth-order valence-corrected chi connectivity index (χ4v) is 3.38. The Bertz CT molecular complexity index is 740. The van der Waals surface area contributed by atoms with Crippen molar-refractivity contribution in [3.8, 4) is 11.3 Å². The van der Waals surface area contributed by atoms with Crippen LogP contribution in [0.3, 0.4) is 0 Å². The van der Waals surface area contributed by atoms with E-state index in [2.05, 4.69) is 21.9 Å². The SMILES string of the molecule is O=C(Cc1nc(-c2ccccc2)cs1)NNC(=O)[C@@H]1CC=CCC1. The van der Waals surface area contributed by atoms with E-state index in [1.54, 1.807) is 0 Å². The normalized spacial score (nSPS) is 16.6. The van der Waals surface area contributed by atoms with Gasteiger partial charge >= 0.3 is 0 Å². The number of nitrogens with one attached hydrogen (secondary N) is 2. The molecule has 0 aliphatic heterocycles. The van der Waals surface area contributed by atoms with Crippen molar-refractivity contribution in [3.05, 3.63) is 52.9 Å². The molecule has 6 heteroatoms. The minimum Gasteiger partial charge on any atom is -0.273 e. The molecule has 2 N–H and O–H groups in total. The van der Waals surface area contributed by atoms with Gasteiger partial charge in [0.25, 0.3) is 0 Å². The molecule has 0 fully saturated rings. The molecule has 2 aromatic rings. The van der Waals surface area contributed by atoms with E-state index in [9.17, 15) is 9.59 Å². The number of amides is 2. The number of thiazole rings is 1. The first kappa shape index (κ1) is 16.4. The summed E-state index contributed by atoms with van der Waals surface area (Å²) in [5, 5.41) is 2.66. The van der Waals surface area contributed by atoms with Gasteiger partial charge in [-0.05, 0) is 19.3 Å². The predicted molar refractivity (Wildman–Crippen MR) is 94.0 cm³/mol. The van der Waals surface area contributed by atoms with Crippen LogP contribution >= 0.6 is 11.3 Å². The molecule has 0 saturated carbocycles. The fraction of sp³-hybridized carbons (Fsp3) is 0.278. The van der Waals surface area contributed by atoms with Crippen LogP contribution in [0.25, 0.3) is 11.3 Å². The molecule has 1 aliphatic carbocycles. The molecule has 5 nitrogen and oxygen atoms in total. The van der Waals surface area contributed by atoms with Crippen LogP contribution in [-0.4, -0.2) is 16.8 Å². The van der Waals surface area contributed by atoms with Crippen LogP contribution in [0.4, 0.5) is 0 Å². The molecule has 24 heavy (non-hydrogen) atoms. The minimum absolute atomic E-state index is 0.0557. The molecular formula is C18H19N3O2S. The monoisotopic (exact) mass is 341 g/mol. The smallest absolute Gasteiger partial charge is 0.245 e. The van der Waals surface area contributed by atoms with Crippen molar-refractivity contribution in [2.24, 2.45) is 5.92 Å². The number of carbonyl (C=O) groups is 2. The molecule has 124 valence electrons. The Balaban J connectivity index is 1.49. The highest BCUT2D eigenvalue weighted by Gasteiger charge is 2.19. The lowest BCUT2D eigenvalue weighted by Gasteiger charge is -2.17. The van der Waals surface area contributed by atoms with Gasteiger partial charge in [-0.15, -0.1) is 11.3 Å². The lowest BCUT2D eigenvalue weighted by Crippen LogP contribution is -2.45. The second-order valence-electron chi connectivity index (χ2n) is 5.69. The zero-order valence-corrected chi connectivity index (χ0v) is 14.0. The van der Waals surface area contributed by atoms with Crippen LogP contribution < -0.4 is 10.9 Å². The van der Waals surface area contributed by atoms with Gasteiger partial charge in [0.2, 0.25) is 11.8 Å². The maximum Gasteiger partial charge on any atom is 0.245 e. The number of hydrogen-bond acceptors (Lipinski definition) is 4. The number of carbonyl (C=O) groups excluding carboxylic acids is 2. The van der Waals surface area contributed by atoms with E-state index < -0.39 is 0 Å². The molecule has 1 aromatic carbocycles. The van der Waals surface area contributed by atoms with Gasteiger partial charge in [-0.3, -0.25) is 20.4 Å². The summed E-state index contributed by atoms with van der Waals surface area (Å²) in [4.78, 5) is 28.4. The van der Waals surface area contributed by atoms with Gasteiger partial charge in [-0.25, -0.2) is 4.98 Å². The van der Waals surface area contributed by atoms with E-state index >= 15 is 0 Å². The molecule has 2 amide bonds. The summed E-state index contributed by atoms with van der Waals surface area (Å²) < 4.78 is 0. The predicted octanol–water partition coefficient (Wildman–Crippen LogP) is 2.86. The van der Waals surface area contributed by atoms with E-state index in [1.165, 1.54) is 11.3 Å². The van der Waals surface area contributed by atoms with Crippen molar-refractivity contribution >= 4 is 23.2 Å². The quantitative estimate of drug-likeness (QED) is 0.663. The Kier molecular flexibility index (Phi) is 5.38. The van der Waals surface area contributed by atoms with Gasteiger partial charge in [-0.1, -0.05) is 42.5 Å². The van der Waals surface area contributed by atoms with Gasteiger partial charge in [-0.2, -0.15) is 0 Å². The van der Waals surface area contributed by atoms with Crippen LogP contribution in [0.5, 0.6) is 0 Å². The first-order valence-electron chi connectivity index (χ1n) is 7.96. The molecular weight excluding hydrogens is 322 g/mol. The summed E-state index contributed by atoms with van der Waals surface area (Å²) in [6, 6.07) is 9.83. The third-order valence-corrected chi connectivity index (χ3v) is 4.75. The Labute approximate surface area is 144 Å². The van der Waals surface area contributed by atoms with Gasteiger partial charge in [0.15, 0.2) is 0 Å². The van der Waals surface area contributed by atoms with Crippen molar-refractivity contribution in [1.82, 2.24) is 15.8 Å². The van der Waals surface area contributed by atoms with Crippen LogP contribution in [-0.2, 0) is 16.0 Å². The average Bonchev–Trinajstić information content (AvgIpc) is 3.09. The van der Waals surface area contributed by atoms with E-state index in [-0.39, 0.29) is 24.2 Å². The summed E-state index contributed by atoms with van der Waals surface area (Å²) in [5.74, 6) is -0.444. The molecule has 0 spiro atoms. The molecule has 3 rings (SSSR count). The highest BCUT2D eigenvalue weighted by molar-refractivity contribution is 7.10. The summed E-state index contributed by atoms with van der Waals surface area (Å²) >= 11 is 1.44. The standard InChI is InChI=1S/C18H19N3O2S/c22-16(20-21-18(23)14-9-5-2-6-10-14)11-17-19-15(12-24-17)13-7-3-1-4-8-13/h1-5,7-8,12,14H,6,9-11H2,(H,20,22)(H,21,23)/t14-/m1/s1. The van der Waals surface area contributed by atoms with Crippen LogP contribution in [0.1, 0.15) is 24.3 Å². The van der Waals surface area contributed by atoms with E-state index in [0.29, 0.717) is 0 Å². The topological polar surface area (TPSA) is 71.1 Å². The third-order valence-electron chi connectivity index (χ3n) is 3.90. The van der Waals surface area contributed by atoms with Gasteiger partial charge in [0.1, 0.15) is 5.01 Å². The molecule has 0 radical (unpaired) electrons. The molecule has 1 heterocycles. The minimum atomic E-state index is -0.260. The number of aromatic nitrogens is 1. The number of rotatable bonds is 4. The number of nitrogens with zero attached hydrogens (tertiary/aromatic N) is 1. The second kappa shape index (κ2) is 7.88. The van der Waals surface area contributed by atoms with Gasteiger partial charge in [0, 0.05) is 16.9 Å². The van der Waals surface area contributed by atoms with Crippen LogP contribution in [0.2, 0.25) is 0 Å². The van der Waals surface area contributed by atoms with E-state index in [4.69, 9.17) is 0 Å². The lowest BCUT2D eigenvalue weighted by atomic mass is 9.94. The average molecular weight is 341 g/mol. The summed E-state index contributed by atoms with van der Waals surface area (Å²) in [7, 11) is 0. The number of hydrogen-bond donors (Lipinski definition) is 2. The zero-order chi connectivity index (χ0) is 16.8. The maximum absolute atomic E-state index is 12.0. The van der Waals surface area contributed by atoms with Crippen molar-refractivity contribution in [3.63, 3.8) is 0 Å². The summed E-state index contributed by atoms with van der Waals surface area (Å²) in [6.45, 7) is 0. The summed E-state index contributed by atoms with van der Waals surface area (Å²) in [5.41, 5.74) is 6.89. The second-order valence-corrected chi connectivity index (χ2v) is 6.63. The molecule has 0 unspecified atom stereocenters. The van der Waals surface area contributed by atoms with Crippen LogP contribution in [0, 0.1) is 5.92 Å². The Hall–Kier alpha value is -2.47. The first-order chi connectivity index (χ1) is 11.7. The van der Waals surface area contributed by atoms with Gasteiger partial charge < -0.3 is 0 Å². The third kappa shape index (κ3) is 4.29. The van der Waals surface area contributed by atoms with Crippen molar-refractivity contribution in [1.29, 1.82) is 0 Å². The van der Waals surface area contributed by atoms with Crippen molar-refractivity contribution < 1.29 is 9.59 Å². The molecule has 0 bridgehead atoms. The highest BCUT2D eigenvalue weighted by atomic mass is 32.1. The van der Waals surface area contributed by atoms with Gasteiger partial charge in [0.05, 0.1) is 12.1 Å². The van der Waals surface area contributed by atoms with Crippen LogP contribution in [0.15, 0.2) is 47.9 Å². The highest BCUT2D eigenvalue weighted by Crippen LogP contribution is 2.21. The maximum atomic E-state index is 12.0. The van der Waals surface area contributed by atoms with E-state index in [0.717, 1.165) is 35.5 Å². The zero-order valence-electron chi connectivity index (χ0n) is 13.2. The molecule has 1 aromatic heterocycles. The lowest BCUT2D eigenvalue weighted by molar-refractivity contribution is -0.131. The Morgan fingerprint density at radius 1 is 1.17 bits per heavy atom. The first-order valence-corrected chi connectivity index (χ1v) is 8.84. The summed E-state index contributed by atoms with van der Waals surface area (Å²) in [6.07, 6.45) is 6.71. The molecule has 0 saturated heterocycles. The molecule has 1 aliphatic rings. The number of benzene rings is 1. The number of hydrazine groups is 1. The molecule has 1 atom stereocenters. The van der Waals surface area contributed by atoms with E-state index in [1.807, 2.05) is 41.8 Å². The fourth-order valence-electron chi connectivity index (χ4n) is 2.58. The number of allylic oxidation sites excluding steroid dienone is 2. The van der Waals surface area contributed by atoms with Crippen molar-refractivity contribution in [2.75, 3.05) is 0 Å². The van der Waals surface area contributed by atoms with Crippen molar-refractivity contribution in [2.45, 2.75) is 25.7 Å². The Morgan fingerprint density at radius 3 is 2.75 bits per heavy atom.